The number of nitrogens with one attached hydrogen (secondary N) is 1. The van der Waals surface area contributed by atoms with Gasteiger partial charge in [0.25, 0.3) is 5.91 Å². The zero-order valence-electron chi connectivity index (χ0n) is 16.0. The number of aromatic nitrogens is 1. The summed E-state index contributed by atoms with van der Waals surface area (Å²) in [5.41, 5.74) is 3.84. The minimum absolute atomic E-state index is 0.166. The topological polar surface area (TPSA) is 71.4 Å². The van der Waals surface area contributed by atoms with Crippen molar-refractivity contribution in [3.05, 3.63) is 59.8 Å². The molecule has 1 saturated heterocycles. The number of fused-ring (bicyclic) bond motifs is 1. The van der Waals surface area contributed by atoms with E-state index in [9.17, 15) is 13.2 Å². The molecule has 1 N–H and O–H groups in total. The molecular weight excluding hydrogens is 374 g/mol. The molecule has 1 amide bonds. The monoisotopic (exact) mass is 397 g/mol. The Morgan fingerprint density at radius 2 is 1.89 bits per heavy atom. The number of hydrogen-bond acceptors (Lipinski definition) is 3. The number of aryl methyl sites for hydroxylation is 2. The second-order valence-electron chi connectivity index (χ2n) is 7.25. The largest absolute Gasteiger partial charge is 0.340 e. The third kappa shape index (κ3) is 3.38. The number of amides is 1. The maximum Gasteiger partial charge on any atom is 0.272 e. The Hall–Kier alpha value is -2.80. The molecule has 0 radical (unpaired) electrons. The Kier molecular flexibility index (Phi) is 4.63. The van der Waals surface area contributed by atoms with Gasteiger partial charge in [0, 0.05) is 30.2 Å². The number of anilines is 2. The van der Waals surface area contributed by atoms with Gasteiger partial charge in [-0.15, -0.1) is 0 Å². The van der Waals surface area contributed by atoms with Crippen LogP contribution < -0.4 is 9.62 Å². The van der Waals surface area contributed by atoms with E-state index < -0.39 is 10.0 Å². The molecule has 1 aromatic heterocycles. The molecule has 0 atom stereocenters. The fourth-order valence-corrected chi connectivity index (χ4v) is 5.33. The zero-order valence-corrected chi connectivity index (χ0v) is 16.8. The van der Waals surface area contributed by atoms with E-state index >= 15 is 0 Å². The summed E-state index contributed by atoms with van der Waals surface area (Å²) < 4.78 is 28.0. The van der Waals surface area contributed by atoms with Gasteiger partial charge in [-0.25, -0.2) is 8.42 Å². The van der Waals surface area contributed by atoms with Crippen LogP contribution >= 0.6 is 0 Å². The van der Waals surface area contributed by atoms with Crippen LogP contribution in [0.3, 0.4) is 0 Å². The predicted octanol–water partition coefficient (Wildman–Crippen LogP) is 3.67. The Bertz CT molecular complexity index is 1160. The zero-order chi connectivity index (χ0) is 19.9. The highest BCUT2D eigenvalue weighted by atomic mass is 32.2. The van der Waals surface area contributed by atoms with Crippen LogP contribution in [0.4, 0.5) is 11.4 Å². The molecule has 4 rings (SSSR count). The van der Waals surface area contributed by atoms with Gasteiger partial charge in [0.15, 0.2) is 0 Å². The molecule has 1 aliphatic rings. The summed E-state index contributed by atoms with van der Waals surface area (Å²) in [7, 11) is -1.42. The van der Waals surface area contributed by atoms with Crippen molar-refractivity contribution >= 4 is 38.2 Å². The SMILES string of the molecule is Cc1ccc2c(c1)cc(C(=O)Nc1cccc(N3CCCCS3(=O)=O)c1)n2C. The van der Waals surface area contributed by atoms with Crippen molar-refractivity contribution in [1.82, 2.24) is 4.57 Å². The number of benzene rings is 2. The molecule has 1 aliphatic heterocycles. The van der Waals surface area contributed by atoms with Crippen molar-refractivity contribution in [2.24, 2.45) is 7.05 Å². The lowest BCUT2D eigenvalue weighted by atomic mass is 10.2. The summed E-state index contributed by atoms with van der Waals surface area (Å²) in [5.74, 6) is -0.0612. The summed E-state index contributed by atoms with van der Waals surface area (Å²) in [4.78, 5) is 12.8. The highest BCUT2D eigenvalue weighted by Crippen LogP contribution is 2.27. The normalized spacial score (nSPS) is 16.3. The molecule has 146 valence electrons. The average molecular weight is 398 g/mol. The maximum absolute atomic E-state index is 12.8. The number of hydrogen-bond donors (Lipinski definition) is 1. The highest BCUT2D eigenvalue weighted by molar-refractivity contribution is 7.92. The molecule has 3 aromatic rings. The van der Waals surface area contributed by atoms with Crippen molar-refractivity contribution in [1.29, 1.82) is 0 Å². The fraction of sp³-hybridized carbons (Fsp3) is 0.286. The van der Waals surface area contributed by atoms with Crippen LogP contribution in [-0.2, 0) is 17.1 Å². The van der Waals surface area contributed by atoms with Gasteiger partial charge >= 0.3 is 0 Å². The summed E-state index contributed by atoms with van der Waals surface area (Å²) in [6.45, 7) is 2.49. The average Bonchev–Trinajstić information content (AvgIpc) is 2.97. The summed E-state index contributed by atoms with van der Waals surface area (Å²) in [5, 5.41) is 3.91. The Morgan fingerprint density at radius 1 is 1.07 bits per heavy atom. The maximum atomic E-state index is 12.8. The van der Waals surface area contributed by atoms with Crippen LogP contribution in [0.1, 0.15) is 28.9 Å². The van der Waals surface area contributed by atoms with E-state index in [1.807, 2.05) is 42.8 Å². The lowest BCUT2D eigenvalue weighted by Crippen LogP contribution is -2.37. The van der Waals surface area contributed by atoms with Crippen molar-refractivity contribution < 1.29 is 13.2 Å². The van der Waals surface area contributed by atoms with Gasteiger partial charge in [0.1, 0.15) is 5.69 Å². The van der Waals surface area contributed by atoms with Crippen LogP contribution in [0.25, 0.3) is 10.9 Å². The van der Waals surface area contributed by atoms with Crippen LogP contribution in [0.15, 0.2) is 48.5 Å². The van der Waals surface area contributed by atoms with Crippen LogP contribution in [0.2, 0.25) is 0 Å². The Morgan fingerprint density at radius 3 is 2.68 bits per heavy atom. The molecule has 1 fully saturated rings. The number of nitrogens with zero attached hydrogens (tertiary/aromatic N) is 2. The number of carbonyl (C=O) groups is 1. The summed E-state index contributed by atoms with van der Waals surface area (Å²) in [6.07, 6.45) is 1.53. The first-order valence-electron chi connectivity index (χ1n) is 9.33. The number of rotatable bonds is 3. The molecule has 0 spiro atoms. The molecule has 28 heavy (non-hydrogen) atoms. The van der Waals surface area contributed by atoms with E-state index in [1.54, 1.807) is 24.3 Å². The molecule has 0 saturated carbocycles. The Balaban J connectivity index is 1.61. The number of sulfonamides is 1. The van der Waals surface area contributed by atoms with Crippen LogP contribution in [0.5, 0.6) is 0 Å². The van der Waals surface area contributed by atoms with Gasteiger partial charge in [-0.3, -0.25) is 9.10 Å². The van der Waals surface area contributed by atoms with Gasteiger partial charge in [0.2, 0.25) is 10.0 Å². The van der Waals surface area contributed by atoms with E-state index in [1.165, 1.54) is 4.31 Å². The predicted molar refractivity (Wildman–Crippen MR) is 112 cm³/mol. The van der Waals surface area contributed by atoms with Gasteiger partial charge in [-0.2, -0.15) is 0 Å². The highest BCUT2D eigenvalue weighted by Gasteiger charge is 2.26. The first-order chi connectivity index (χ1) is 13.3. The number of carbonyl (C=O) groups excluding carboxylic acids is 1. The van der Waals surface area contributed by atoms with E-state index in [4.69, 9.17) is 0 Å². The molecule has 2 aromatic carbocycles. The van der Waals surface area contributed by atoms with E-state index in [2.05, 4.69) is 5.32 Å². The van der Waals surface area contributed by atoms with Crippen molar-refractivity contribution in [3.63, 3.8) is 0 Å². The summed E-state index contributed by atoms with van der Waals surface area (Å²) in [6, 6.07) is 15.0. The smallest absolute Gasteiger partial charge is 0.272 e. The quantitative estimate of drug-likeness (QED) is 0.733. The third-order valence-electron chi connectivity index (χ3n) is 5.17. The fourth-order valence-electron chi connectivity index (χ4n) is 3.70. The second kappa shape index (κ2) is 6.98. The van der Waals surface area contributed by atoms with Crippen LogP contribution in [-0.4, -0.2) is 31.2 Å². The first-order valence-corrected chi connectivity index (χ1v) is 10.9. The molecule has 6 nitrogen and oxygen atoms in total. The van der Waals surface area contributed by atoms with Crippen molar-refractivity contribution in [2.45, 2.75) is 19.8 Å². The van der Waals surface area contributed by atoms with Crippen molar-refractivity contribution in [2.75, 3.05) is 21.9 Å². The van der Waals surface area contributed by atoms with E-state index in [0.717, 1.165) is 22.9 Å². The molecule has 2 heterocycles. The summed E-state index contributed by atoms with van der Waals surface area (Å²) >= 11 is 0. The van der Waals surface area contributed by atoms with E-state index in [0.29, 0.717) is 30.0 Å². The lowest BCUT2D eigenvalue weighted by Gasteiger charge is -2.28. The second-order valence-corrected chi connectivity index (χ2v) is 9.26. The van der Waals surface area contributed by atoms with Gasteiger partial charge in [0.05, 0.1) is 11.4 Å². The molecule has 0 aliphatic carbocycles. The molecule has 0 unspecified atom stereocenters. The van der Waals surface area contributed by atoms with Crippen LogP contribution in [0, 0.1) is 6.92 Å². The van der Waals surface area contributed by atoms with Gasteiger partial charge < -0.3 is 9.88 Å². The molecule has 0 bridgehead atoms. The third-order valence-corrected chi connectivity index (χ3v) is 7.04. The van der Waals surface area contributed by atoms with Gasteiger partial charge in [-0.05, 0) is 56.2 Å². The molecular formula is C21H23N3O3S. The lowest BCUT2D eigenvalue weighted by molar-refractivity contribution is 0.101. The minimum Gasteiger partial charge on any atom is -0.340 e. The first kappa shape index (κ1) is 18.6. The van der Waals surface area contributed by atoms with Gasteiger partial charge in [-0.1, -0.05) is 17.7 Å². The molecule has 7 heteroatoms. The minimum atomic E-state index is -3.29. The van der Waals surface area contributed by atoms with Crippen molar-refractivity contribution in [3.8, 4) is 0 Å². The van der Waals surface area contributed by atoms with E-state index in [-0.39, 0.29) is 11.7 Å². The standard InChI is InChI=1S/C21H23N3O3S/c1-15-8-9-19-16(12-15)13-20(23(19)2)21(25)22-17-6-5-7-18(14-17)24-10-3-4-11-28(24,26)27/h5-9,12-14H,3-4,10-11H2,1-2H3,(H,22,25). The Labute approximate surface area is 164 Å².